The number of fused-ring (bicyclic) bond motifs is 6. The number of furan rings is 2. The molecule has 0 saturated heterocycles. The molecule has 0 bridgehead atoms. The van der Waals surface area contributed by atoms with Crippen molar-refractivity contribution in [2.24, 2.45) is 0 Å². The highest BCUT2D eigenvalue weighted by atomic mass is 32.1. The lowest BCUT2D eigenvalue weighted by atomic mass is 10.3. The van der Waals surface area contributed by atoms with E-state index in [4.69, 9.17) is 8.83 Å². The molecular formula is C18H12N2O2S4. The molecule has 0 atom stereocenters. The van der Waals surface area contributed by atoms with Crippen molar-refractivity contribution in [1.29, 1.82) is 0 Å². The topological polar surface area (TPSA) is 52.1 Å². The Labute approximate surface area is 163 Å². The first-order chi connectivity index (χ1) is 12.6. The number of thiazole rings is 2. The Hall–Kier alpha value is -1.74. The molecule has 0 radical (unpaired) electrons. The van der Waals surface area contributed by atoms with Gasteiger partial charge in [-0.3, -0.25) is 0 Å². The largest absolute Gasteiger partial charge is 0.454 e. The number of nitrogens with zero attached hydrogens (tertiary/aromatic N) is 2. The van der Waals surface area contributed by atoms with Crippen molar-refractivity contribution in [2.75, 3.05) is 0 Å². The first kappa shape index (κ1) is 15.3. The van der Waals surface area contributed by atoms with Crippen molar-refractivity contribution < 1.29 is 8.83 Å². The van der Waals surface area contributed by atoms with Crippen molar-refractivity contribution in [2.45, 2.75) is 26.7 Å². The maximum atomic E-state index is 5.98. The number of hydrogen-bond donors (Lipinski definition) is 0. The van der Waals surface area contributed by atoms with Gasteiger partial charge in [0.05, 0.1) is 19.4 Å². The molecular weight excluding hydrogens is 404 g/mol. The van der Waals surface area contributed by atoms with Crippen LogP contribution in [0, 0.1) is 13.8 Å². The van der Waals surface area contributed by atoms with Gasteiger partial charge in [-0.25, -0.2) is 9.97 Å². The Kier molecular flexibility index (Phi) is 3.18. The van der Waals surface area contributed by atoms with Gasteiger partial charge in [0.15, 0.2) is 0 Å². The van der Waals surface area contributed by atoms with Crippen LogP contribution in [0.3, 0.4) is 0 Å². The Morgan fingerprint density at radius 3 is 2.46 bits per heavy atom. The molecule has 8 heteroatoms. The highest BCUT2D eigenvalue weighted by molar-refractivity contribution is 7.27. The lowest BCUT2D eigenvalue weighted by Crippen LogP contribution is -1.86. The smallest absolute Gasteiger partial charge is 0.241 e. The highest BCUT2D eigenvalue weighted by Crippen LogP contribution is 2.41. The van der Waals surface area contributed by atoms with Crippen molar-refractivity contribution >= 4 is 86.7 Å². The van der Waals surface area contributed by atoms with E-state index >= 15 is 0 Å². The summed E-state index contributed by atoms with van der Waals surface area (Å²) in [4.78, 5) is 11.7. The van der Waals surface area contributed by atoms with Crippen LogP contribution in [0.5, 0.6) is 0 Å². The molecule has 4 nitrogen and oxygen atoms in total. The number of hydrogen-bond acceptors (Lipinski definition) is 8. The molecule has 6 heterocycles. The Morgan fingerprint density at radius 2 is 1.54 bits per heavy atom. The van der Waals surface area contributed by atoms with E-state index in [2.05, 4.69) is 29.0 Å². The van der Waals surface area contributed by atoms with Gasteiger partial charge in [-0.05, 0) is 32.4 Å². The molecule has 6 rings (SSSR count). The van der Waals surface area contributed by atoms with E-state index in [-0.39, 0.29) is 0 Å². The van der Waals surface area contributed by atoms with Crippen LogP contribution in [-0.4, -0.2) is 9.97 Å². The van der Waals surface area contributed by atoms with E-state index in [1.165, 1.54) is 19.2 Å². The van der Waals surface area contributed by atoms with Gasteiger partial charge in [-0.15, -0.1) is 45.3 Å². The van der Waals surface area contributed by atoms with Gasteiger partial charge in [-0.1, -0.05) is 0 Å². The fraction of sp³-hybridized carbons (Fsp3) is 0.222. The SMILES string of the molecule is Cc1cc2oc3cc(CCc4nc5oc6nc(C)sc6c5s4)sc3c2s1. The standard InChI is InChI=1S/C18H12N2O2S4/c1-7-5-10-13(23-7)14-11(21-10)6-9(25-14)3-4-12-20-18-16(26-12)15-17(22-18)19-8(2)24-15/h5-6H,3-4H2,1-2H3. The van der Waals surface area contributed by atoms with Crippen molar-refractivity contribution in [3.05, 3.63) is 31.9 Å². The van der Waals surface area contributed by atoms with E-state index in [0.717, 1.165) is 54.8 Å². The fourth-order valence-electron chi connectivity index (χ4n) is 3.23. The fourth-order valence-corrected chi connectivity index (χ4v) is 7.34. The molecule has 130 valence electrons. The zero-order valence-corrected chi connectivity index (χ0v) is 17.2. The predicted octanol–water partition coefficient (Wildman–Crippen LogP) is 6.92. The molecule has 0 aromatic carbocycles. The van der Waals surface area contributed by atoms with Gasteiger partial charge in [0.25, 0.3) is 0 Å². The van der Waals surface area contributed by atoms with Crippen LogP contribution in [-0.2, 0) is 12.8 Å². The maximum Gasteiger partial charge on any atom is 0.241 e. The third kappa shape index (κ3) is 2.22. The number of rotatable bonds is 3. The van der Waals surface area contributed by atoms with Gasteiger partial charge in [0, 0.05) is 16.2 Å². The molecule has 0 aliphatic carbocycles. The van der Waals surface area contributed by atoms with E-state index in [9.17, 15) is 0 Å². The molecule has 6 aromatic heterocycles. The summed E-state index contributed by atoms with van der Waals surface area (Å²) >= 11 is 7.06. The zero-order chi connectivity index (χ0) is 17.4. The second-order valence-electron chi connectivity index (χ2n) is 6.27. The van der Waals surface area contributed by atoms with E-state index in [1.807, 2.05) is 29.6 Å². The minimum atomic E-state index is 0.724. The van der Waals surface area contributed by atoms with Crippen LogP contribution in [0.1, 0.15) is 19.8 Å². The summed E-state index contributed by atoms with van der Waals surface area (Å²) < 4.78 is 16.6. The molecule has 0 aliphatic heterocycles. The van der Waals surface area contributed by atoms with Gasteiger partial charge in [0.2, 0.25) is 11.4 Å². The van der Waals surface area contributed by atoms with Crippen molar-refractivity contribution in [1.82, 2.24) is 9.97 Å². The lowest BCUT2D eigenvalue weighted by Gasteiger charge is -1.93. The van der Waals surface area contributed by atoms with Crippen molar-refractivity contribution in [3.63, 3.8) is 0 Å². The quantitative estimate of drug-likeness (QED) is 0.314. The second-order valence-corrected chi connectivity index (χ2v) is 10.9. The molecule has 0 aliphatic rings. The third-order valence-electron chi connectivity index (χ3n) is 4.32. The van der Waals surface area contributed by atoms with Crippen LogP contribution in [0.15, 0.2) is 21.0 Å². The summed E-state index contributed by atoms with van der Waals surface area (Å²) in [6.45, 7) is 4.13. The van der Waals surface area contributed by atoms with E-state index in [0.29, 0.717) is 0 Å². The third-order valence-corrected chi connectivity index (χ3v) is 8.91. The van der Waals surface area contributed by atoms with Crippen LogP contribution in [0.4, 0.5) is 0 Å². The first-order valence-electron chi connectivity index (χ1n) is 8.21. The van der Waals surface area contributed by atoms with E-state index < -0.39 is 0 Å². The molecule has 0 N–H and O–H groups in total. The Bertz CT molecular complexity index is 1310. The van der Waals surface area contributed by atoms with Gasteiger partial charge >= 0.3 is 0 Å². The Balaban J connectivity index is 1.30. The number of thiophene rings is 2. The number of aromatic nitrogens is 2. The van der Waals surface area contributed by atoms with Crippen LogP contribution >= 0.6 is 45.3 Å². The molecule has 0 amide bonds. The van der Waals surface area contributed by atoms with Crippen molar-refractivity contribution in [3.8, 4) is 0 Å². The van der Waals surface area contributed by atoms with Crippen LogP contribution < -0.4 is 0 Å². The molecule has 0 unspecified atom stereocenters. The average Bonchev–Trinajstić information content (AvgIpc) is 3.35. The van der Waals surface area contributed by atoms with Gasteiger partial charge in [0.1, 0.15) is 20.6 Å². The molecule has 0 fully saturated rings. The number of aryl methyl sites for hydroxylation is 4. The molecule has 0 spiro atoms. The summed E-state index contributed by atoms with van der Waals surface area (Å²) in [5.74, 6) is 0. The zero-order valence-electron chi connectivity index (χ0n) is 13.9. The maximum absolute atomic E-state index is 5.98. The monoisotopic (exact) mass is 416 g/mol. The lowest BCUT2D eigenvalue weighted by molar-refractivity contribution is 0.640. The Morgan fingerprint density at radius 1 is 0.769 bits per heavy atom. The molecule has 26 heavy (non-hydrogen) atoms. The normalized spacial score (nSPS) is 12.5. The minimum absolute atomic E-state index is 0.724. The summed E-state index contributed by atoms with van der Waals surface area (Å²) in [5.41, 5.74) is 3.49. The highest BCUT2D eigenvalue weighted by Gasteiger charge is 2.17. The summed E-state index contributed by atoms with van der Waals surface area (Å²) in [5, 5.41) is 2.15. The summed E-state index contributed by atoms with van der Waals surface area (Å²) in [6.07, 6.45) is 1.89. The second kappa shape index (κ2) is 5.39. The molecule has 0 saturated carbocycles. The van der Waals surface area contributed by atoms with Gasteiger partial charge in [-0.2, -0.15) is 0 Å². The minimum Gasteiger partial charge on any atom is -0.454 e. The average molecular weight is 417 g/mol. The van der Waals surface area contributed by atoms with Crippen LogP contribution in [0.2, 0.25) is 0 Å². The first-order valence-corrected chi connectivity index (χ1v) is 11.5. The van der Waals surface area contributed by atoms with E-state index in [1.54, 1.807) is 22.7 Å². The summed E-state index contributed by atoms with van der Waals surface area (Å²) in [6, 6.07) is 4.31. The van der Waals surface area contributed by atoms with Crippen LogP contribution in [0.25, 0.3) is 41.4 Å². The van der Waals surface area contributed by atoms with Gasteiger partial charge < -0.3 is 8.83 Å². The summed E-state index contributed by atoms with van der Waals surface area (Å²) in [7, 11) is 0. The molecule has 6 aromatic rings. The predicted molar refractivity (Wildman–Crippen MR) is 111 cm³/mol.